The van der Waals surface area contributed by atoms with Gasteiger partial charge in [0.1, 0.15) is 5.75 Å². The third-order valence-electron chi connectivity index (χ3n) is 4.67. The number of anilines is 1. The molecule has 0 unspecified atom stereocenters. The average Bonchev–Trinajstić information content (AvgIpc) is 3.14. The van der Waals surface area contributed by atoms with Crippen LogP contribution in [0.1, 0.15) is 21.5 Å². The zero-order valence-electron chi connectivity index (χ0n) is 17.7. The van der Waals surface area contributed by atoms with Crippen molar-refractivity contribution in [3.05, 3.63) is 53.1 Å². The molecule has 1 aromatic heterocycles. The zero-order chi connectivity index (χ0) is 24.6. The Morgan fingerprint density at radius 3 is 2.09 bits per heavy atom. The van der Waals surface area contributed by atoms with Crippen molar-refractivity contribution in [2.24, 2.45) is 0 Å². The highest BCUT2D eigenvalue weighted by Gasteiger charge is 2.38. The molecule has 0 radical (unpaired) electrons. The Bertz CT molecular complexity index is 1120. The van der Waals surface area contributed by atoms with Crippen molar-refractivity contribution in [2.45, 2.75) is 12.4 Å². The average molecular weight is 491 g/mol. The first-order chi connectivity index (χ1) is 15.3. The second-order valence-electron chi connectivity index (χ2n) is 7.38. The van der Waals surface area contributed by atoms with E-state index in [0.717, 1.165) is 16.2 Å². The zero-order valence-corrected chi connectivity index (χ0v) is 18.5. The van der Waals surface area contributed by atoms with E-state index in [9.17, 15) is 31.1 Å². The Labute approximate surface area is 189 Å². The summed E-state index contributed by atoms with van der Waals surface area (Å²) in [6.45, 7) is 0.302. The lowest BCUT2D eigenvalue weighted by atomic mass is 10.0. The molecule has 0 saturated heterocycles. The Hall–Kier alpha value is -2.86. The standard InChI is InChI=1S/C21H19F6N3O2S/c1-29(2)6-7-30(19-28-16-5-4-15(32-3)11-17(16)33-19)18(31)12-8-13(20(22,23)24)10-14(9-12)21(25,26)27/h4-5,8-11H,6-7H2,1-3H3. The van der Waals surface area contributed by atoms with Gasteiger partial charge in [0.2, 0.25) is 0 Å². The van der Waals surface area contributed by atoms with Crippen molar-refractivity contribution in [3.8, 4) is 5.75 Å². The van der Waals surface area contributed by atoms with Gasteiger partial charge in [-0.2, -0.15) is 26.3 Å². The number of thiazole rings is 1. The molecular formula is C21H19F6N3O2S. The van der Waals surface area contributed by atoms with Crippen LogP contribution in [0.3, 0.4) is 0 Å². The molecule has 178 valence electrons. The van der Waals surface area contributed by atoms with Crippen LogP contribution in [0.5, 0.6) is 5.75 Å². The highest BCUT2D eigenvalue weighted by Crippen LogP contribution is 2.37. The van der Waals surface area contributed by atoms with Gasteiger partial charge in [-0.3, -0.25) is 9.69 Å². The lowest BCUT2D eigenvalue weighted by Crippen LogP contribution is -2.37. The molecule has 0 aliphatic carbocycles. The Balaban J connectivity index is 2.11. The molecule has 0 bridgehead atoms. The number of amides is 1. The summed E-state index contributed by atoms with van der Waals surface area (Å²) in [6.07, 6.45) is -10.1. The normalized spacial score (nSPS) is 12.4. The SMILES string of the molecule is COc1ccc2nc(N(CCN(C)C)C(=O)c3cc(C(F)(F)F)cc(C(F)(F)F)c3)sc2c1. The minimum Gasteiger partial charge on any atom is -0.497 e. The molecule has 0 saturated carbocycles. The van der Waals surface area contributed by atoms with Gasteiger partial charge in [-0.25, -0.2) is 4.98 Å². The summed E-state index contributed by atoms with van der Waals surface area (Å²) in [5.41, 5.74) is -3.32. The topological polar surface area (TPSA) is 45.7 Å². The van der Waals surface area contributed by atoms with Crippen LogP contribution < -0.4 is 9.64 Å². The van der Waals surface area contributed by atoms with E-state index in [-0.39, 0.29) is 17.7 Å². The van der Waals surface area contributed by atoms with Gasteiger partial charge in [0, 0.05) is 18.7 Å². The number of benzene rings is 2. The summed E-state index contributed by atoms with van der Waals surface area (Å²) >= 11 is 1.08. The summed E-state index contributed by atoms with van der Waals surface area (Å²) in [4.78, 5) is 20.4. The molecule has 0 aliphatic rings. The number of hydrogen-bond acceptors (Lipinski definition) is 5. The third kappa shape index (κ3) is 5.74. The second-order valence-corrected chi connectivity index (χ2v) is 8.39. The number of methoxy groups -OCH3 is 1. The molecule has 0 atom stereocenters. The predicted octanol–water partition coefficient (Wildman–Crippen LogP) is 5.55. The molecule has 1 amide bonds. The lowest BCUT2D eigenvalue weighted by Gasteiger charge is -2.23. The Morgan fingerprint density at radius 1 is 0.970 bits per heavy atom. The van der Waals surface area contributed by atoms with E-state index in [4.69, 9.17) is 4.74 Å². The number of hydrogen-bond donors (Lipinski definition) is 0. The van der Waals surface area contributed by atoms with Crippen LogP contribution in [0, 0.1) is 0 Å². The Morgan fingerprint density at radius 2 is 1.58 bits per heavy atom. The Kier molecular flexibility index (Phi) is 6.89. The molecule has 0 N–H and O–H groups in total. The third-order valence-corrected chi connectivity index (χ3v) is 5.71. The number of halogens is 6. The fourth-order valence-electron chi connectivity index (χ4n) is 2.95. The number of carbonyl (C=O) groups is 1. The van der Waals surface area contributed by atoms with Crippen LogP contribution in [0.15, 0.2) is 36.4 Å². The van der Waals surface area contributed by atoms with Crippen molar-refractivity contribution >= 4 is 32.6 Å². The molecule has 5 nitrogen and oxygen atoms in total. The summed E-state index contributed by atoms with van der Waals surface area (Å²) in [7, 11) is 4.91. The van der Waals surface area contributed by atoms with Crippen molar-refractivity contribution in [3.63, 3.8) is 0 Å². The number of ether oxygens (including phenoxy) is 1. The molecule has 1 heterocycles. The molecule has 33 heavy (non-hydrogen) atoms. The molecule has 12 heteroatoms. The molecule has 0 fully saturated rings. The minimum absolute atomic E-state index is 0.000384. The number of rotatable bonds is 6. The molecule has 0 spiro atoms. The quantitative estimate of drug-likeness (QED) is 0.424. The maximum absolute atomic E-state index is 13.3. The number of nitrogens with zero attached hydrogens (tertiary/aromatic N) is 3. The number of carbonyl (C=O) groups excluding carboxylic acids is 1. The highest BCUT2D eigenvalue weighted by molar-refractivity contribution is 7.22. The molecular weight excluding hydrogens is 472 g/mol. The van der Waals surface area contributed by atoms with E-state index in [2.05, 4.69) is 4.98 Å². The van der Waals surface area contributed by atoms with Gasteiger partial charge >= 0.3 is 12.4 Å². The predicted molar refractivity (Wildman–Crippen MR) is 113 cm³/mol. The van der Waals surface area contributed by atoms with Crippen molar-refractivity contribution < 1.29 is 35.9 Å². The van der Waals surface area contributed by atoms with E-state index >= 15 is 0 Å². The van der Waals surface area contributed by atoms with Crippen LogP contribution >= 0.6 is 11.3 Å². The maximum atomic E-state index is 13.3. The monoisotopic (exact) mass is 491 g/mol. The van der Waals surface area contributed by atoms with Gasteiger partial charge in [-0.05, 0) is 50.5 Å². The number of aromatic nitrogens is 1. The summed E-state index contributed by atoms with van der Waals surface area (Å²) in [5, 5.41) is 0.149. The lowest BCUT2D eigenvalue weighted by molar-refractivity contribution is -0.143. The van der Waals surface area contributed by atoms with Gasteiger partial charge < -0.3 is 9.64 Å². The van der Waals surface area contributed by atoms with E-state index < -0.39 is 35.0 Å². The van der Waals surface area contributed by atoms with Gasteiger partial charge in [-0.1, -0.05) is 11.3 Å². The molecule has 2 aromatic carbocycles. The van der Waals surface area contributed by atoms with E-state index in [1.807, 2.05) is 0 Å². The van der Waals surface area contributed by atoms with Crippen LogP contribution in [-0.2, 0) is 12.4 Å². The summed E-state index contributed by atoms with van der Waals surface area (Å²) < 4.78 is 85.4. The van der Waals surface area contributed by atoms with Crippen LogP contribution in [-0.4, -0.2) is 50.1 Å². The van der Waals surface area contributed by atoms with Gasteiger partial charge in [-0.15, -0.1) is 0 Å². The first-order valence-electron chi connectivity index (χ1n) is 9.50. The number of fused-ring (bicyclic) bond motifs is 1. The fourth-order valence-corrected chi connectivity index (χ4v) is 3.97. The van der Waals surface area contributed by atoms with Gasteiger partial charge in [0.15, 0.2) is 5.13 Å². The van der Waals surface area contributed by atoms with E-state index in [1.54, 1.807) is 37.2 Å². The van der Waals surface area contributed by atoms with Crippen molar-refractivity contribution in [1.29, 1.82) is 0 Å². The minimum atomic E-state index is -5.06. The van der Waals surface area contributed by atoms with Crippen molar-refractivity contribution in [1.82, 2.24) is 9.88 Å². The van der Waals surface area contributed by atoms with E-state index in [0.29, 0.717) is 34.6 Å². The fraction of sp³-hybridized carbons (Fsp3) is 0.333. The highest BCUT2D eigenvalue weighted by atomic mass is 32.1. The molecule has 3 rings (SSSR count). The van der Waals surface area contributed by atoms with Crippen molar-refractivity contribution in [2.75, 3.05) is 39.2 Å². The van der Waals surface area contributed by atoms with Crippen LogP contribution in [0.25, 0.3) is 10.2 Å². The first-order valence-corrected chi connectivity index (χ1v) is 10.3. The van der Waals surface area contributed by atoms with Gasteiger partial charge in [0.25, 0.3) is 5.91 Å². The number of alkyl halides is 6. The molecule has 0 aliphatic heterocycles. The smallest absolute Gasteiger partial charge is 0.416 e. The maximum Gasteiger partial charge on any atom is 0.416 e. The summed E-state index contributed by atoms with van der Waals surface area (Å²) in [6, 6.07) is 5.82. The number of likely N-dealkylation sites (N-methyl/N-ethyl adjacent to an activating group) is 1. The molecule has 3 aromatic rings. The summed E-state index contributed by atoms with van der Waals surface area (Å²) in [5.74, 6) is -0.476. The second kappa shape index (κ2) is 9.18. The van der Waals surface area contributed by atoms with Crippen LogP contribution in [0.2, 0.25) is 0 Å². The van der Waals surface area contributed by atoms with Gasteiger partial charge in [0.05, 0.1) is 28.5 Å². The van der Waals surface area contributed by atoms with Crippen LogP contribution in [0.4, 0.5) is 31.5 Å². The van der Waals surface area contributed by atoms with E-state index in [1.165, 1.54) is 7.11 Å². The first kappa shape index (κ1) is 24.8. The largest absolute Gasteiger partial charge is 0.497 e.